The summed E-state index contributed by atoms with van der Waals surface area (Å²) >= 11 is 5.96. The van der Waals surface area contributed by atoms with Crippen LogP contribution in [0.4, 0.5) is 0 Å². The van der Waals surface area contributed by atoms with Crippen molar-refractivity contribution in [3.63, 3.8) is 0 Å². The highest BCUT2D eigenvalue weighted by atomic mass is 35.5. The van der Waals surface area contributed by atoms with E-state index in [1.807, 2.05) is 12.1 Å². The summed E-state index contributed by atoms with van der Waals surface area (Å²) in [5, 5.41) is 0.425. The Hall–Kier alpha value is -1.80. The van der Waals surface area contributed by atoms with Gasteiger partial charge in [0.15, 0.2) is 11.5 Å². The molecule has 1 heterocycles. The molecule has 1 aliphatic rings. The standard InChI is InChI=1S/C20H25ClN2O4S/c1-15-11-19(26-2)20(27-3)12-16(15)14-22-7-9-23(10-8-22)28(24,25)18-6-4-5-17(21)13-18/h4-6,11-13H,7-10,14H2,1-3H3/p+1. The van der Waals surface area contributed by atoms with Gasteiger partial charge in [-0.2, -0.15) is 4.31 Å². The summed E-state index contributed by atoms with van der Waals surface area (Å²) in [6, 6.07) is 10.4. The number of aryl methyl sites for hydroxylation is 1. The quantitative estimate of drug-likeness (QED) is 0.766. The maximum atomic E-state index is 12.8. The molecule has 0 bridgehead atoms. The van der Waals surface area contributed by atoms with Crippen LogP contribution in [0.25, 0.3) is 0 Å². The highest BCUT2D eigenvalue weighted by Crippen LogP contribution is 2.30. The third-order valence-corrected chi connectivity index (χ3v) is 7.28. The average Bonchev–Trinajstić information content (AvgIpc) is 2.69. The molecule has 1 N–H and O–H groups in total. The molecule has 2 aromatic carbocycles. The number of methoxy groups -OCH3 is 2. The fourth-order valence-electron chi connectivity index (χ4n) is 3.48. The van der Waals surface area contributed by atoms with E-state index in [0.717, 1.165) is 30.9 Å². The zero-order chi connectivity index (χ0) is 20.3. The lowest BCUT2D eigenvalue weighted by Gasteiger charge is -2.32. The molecule has 2 aromatic rings. The van der Waals surface area contributed by atoms with Crippen LogP contribution in [0.1, 0.15) is 11.1 Å². The number of nitrogens with zero attached hydrogens (tertiary/aromatic N) is 1. The van der Waals surface area contributed by atoms with Gasteiger partial charge in [-0.15, -0.1) is 0 Å². The number of hydrogen-bond donors (Lipinski definition) is 1. The number of nitrogens with one attached hydrogen (secondary N) is 1. The van der Waals surface area contributed by atoms with Crippen molar-refractivity contribution in [1.82, 2.24) is 4.31 Å². The second kappa shape index (κ2) is 8.69. The number of hydrogen-bond acceptors (Lipinski definition) is 4. The number of ether oxygens (including phenoxy) is 2. The minimum Gasteiger partial charge on any atom is -0.493 e. The molecular weight excluding hydrogens is 400 g/mol. The Labute approximate surface area is 171 Å². The molecule has 0 spiro atoms. The van der Waals surface area contributed by atoms with Crippen molar-refractivity contribution in [2.75, 3.05) is 40.4 Å². The van der Waals surface area contributed by atoms with Crippen LogP contribution in [0.15, 0.2) is 41.3 Å². The monoisotopic (exact) mass is 425 g/mol. The van der Waals surface area contributed by atoms with E-state index in [4.69, 9.17) is 21.1 Å². The molecule has 1 saturated heterocycles. The van der Waals surface area contributed by atoms with Crippen LogP contribution in [0.5, 0.6) is 11.5 Å². The lowest BCUT2D eigenvalue weighted by atomic mass is 10.1. The van der Waals surface area contributed by atoms with Crippen molar-refractivity contribution in [3.05, 3.63) is 52.5 Å². The van der Waals surface area contributed by atoms with Gasteiger partial charge in [0.2, 0.25) is 10.0 Å². The van der Waals surface area contributed by atoms with Crippen LogP contribution in [-0.2, 0) is 16.6 Å². The Bertz CT molecular complexity index is 941. The Balaban J connectivity index is 1.68. The van der Waals surface area contributed by atoms with Crippen LogP contribution in [0, 0.1) is 6.92 Å². The maximum Gasteiger partial charge on any atom is 0.243 e. The summed E-state index contributed by atoms with van der Waals surface area (Å²) < 4.78 is 38.0. The largest absolute Gasteiger partial charge is 0.493 e. The summed E-state index contributed by atoms with van der Waals surface area (Å²) in [7, 11) is -0.255. The van der Waals surface area contributed by atoms with Crippen molar-refractivity contribution < 1.29 is 22.8 Å². The molecule has 0 aliphatic carbocycles. The number of benzene rings is 2. The minimum absolute atomic E-state index is 0.249. The molecule has 0 atom stereocenters. The molecule has 3 rings (SSSR count). The van der Waals surface area contributed by atoms with Crippen molar-refractivity contribution in [2.45, 2.75) is 18.4 Å². The number of rotatable bonds is 6. The minimum atomic E-state index is -3.51. The molecule has 0 radical (unpaired) electrons. The lowest BCUT2D eigenvalue weighted by Crippen LogP contribution is -3.13. The van der Waals surface area contributed by atoms with Crippen molar-refractivity contribution in [2.24, 2.45) is 0 Å². The Kier molecular flexibility index (Phi) is 6.50. The first-order valence-corrected chi connectivity index (χ1v) is 11.0. The van der Waals surface area contributed by atoms with Gasteiger partial charge in [0.1, 0.15) is 6.54 Å². The molecule has 6 nitrogen and oxygen atoms in total. The molecule has 1 fully saturated rings. The maximum absolute atomic E-state index is 12.8. The third-order valence-electron chi connectivity index (χ3n) is 5.15. The zero-order valence-electron chi connectivity index (χ0n) is 16.4. The van der Waals surface area contributed by atoms with Gasteiger partial charge in [-0.25, -0.2) is 8.42 Å². The van der Waals surface area contributed by atoms with Crippen molar-refractivity contribution >= 4 is 21.6 Å². The highest BCUT2D eigenvalue weighted by Gasteiger charge is 2.30. The lowest BCUT2D eigenvalue weighted by molar-refractivity contribution is -0.917. The van der Waals surface area contributed by atoms with E-state index in [1.165, 1.54) is 16.5 Å². The van der Waals surface area contributed by atoms with E-state index in [1.54, 1.807) is 36.7 Å². The summed E-state index contributed by atoms with van der Waals surface area (Å²) in [6.07, 6.45) is 0. The summed E-state index contributed by atoms with van der Waals surface area (Å²) in [6.45, 7) is 5.32. The highest BCUT2D eigenvalue weighted by molar-refractivity contribution is 7.89. The van der Waals surface area contributed by atoms with E-state index in [0.29, 0.717) is 23.9 Å². The van der Waals surface area contributed by atoms with Crippen LogP contribution in [0.2, 0.25) is 5.02 Å². The van der Waals surface area contributed by atoms with Crippen LogP contribution in [-0.4, -0.2) is 53.1 Å². The molecule has 0 aromatic heterocycles. The molecule has 8 heteroatoms. The topological polar surface area (TPSA) is 60.3 Å². The summed E-state index contributed by atoms with van der Waals surface area (Å²) in [5.41, 5.74) is 2.32. The number of sulfonamides is 1. The SMILES string of the molecule is COc1cc(C)c(C[NH+]2CCN(S(=O)(=O)c3cccc(Cl)c3)CC2)cc1OC. The predicted molar refractivity (Wildman–Crippen MR) is 109 cm³/mol. The van der Waals surface area contributed by atoms with Gasteiger partial charge in [0.05, 0.1) is 45.3 Å². The summed E-state index contributed by atoms with van der Waals surface area (Å²) in [4.78, 5) is 1.59. The Morgan fingerprint density at radius 2 is 1.71 bits per heavy atom. The Morgan fingerprint density at radius 1 is 1.07 bits per heavy atom. The third kappa shape index (κ3) is 4.43. The van der Waals surface area contributed by atoms with Crippen molar-refractivity contribution in [1.29, 1.82) is 0 Å². The molecular formula is C20H26ClN2O4S+. The molecule has 28 heavy (non-hydrogen) atoms. The molecule has 0 saturated carbocycles. The van der Waals surface area contributed by atoms with E-state index in [2.05, 4.69) is 6.92 Å². The number of halogens is 1. The smallest absolute Gasteiger partial charge is 0.243 e. The summed E-state index contributed by atoms with van der Waals surface area (Å²) in [5.74, 6) is 1.43. The molecule has 1 aliphatic heterocycles. The van der Waals surface area contributed by atoms with E-state index >= 15 is 0 Å². The van der Waals surface area contributed by atoms with Crippen molar-refractivity contribution in [3.8, 4) is 11.5 Å². The van der Waals surface area contributed by atoms with E-state index < -0.39 is 10.0 Å². The van der Waals surface area contributed by atoms with Crippen LogP contribution < -0.4 is 14.4 Å². The predicted octanol–water partition coefficient (Wildman–Crippen LogP) is 1.76. The van der Waals surface area contributed by atoms with Gasteiger partial charge >= 0.3 is 0 Å². The molecule has 152 valence electrons. The first-order chi connectivity index (χ1) is 13.3. The first kappa shape index (κ1) is 20.9. The second-order valence-corrected chi connectivity index (χ2v) is 9.30. The molecule has 0 amide bonds. The van der Waals surface area contributed by atoms with Crippen LogP contribution >= 0.6 is 11.6 Å². The second-order valence-electron chi connectivity index (χ2n) is 6.92. The van der Waals surface area contributed by atoms with Gasteiger partial charge in [0, 0.05) is 10.6 Å². The van der Waals surface area contributed by atoms with Gasteiger partial charge < -0.3 is 14.4 Å². The number of quaternary nitrogens is 1. The zero-order valence-corrected chi connectivity index (χ0v) is 17.9. The normalized spacial score (nSPS) is 16.1. The average molecular weight is 426 g/mol. The fraction of sp³-hybridized carbons (Fsp3) is 0.400. The van der Waals surface area contributed by atoms with Gasteiger partial charge in [-0.1, -0.05) is 17.7 Å². The number of piperazine rings is 1. The van der Waals surface area contributed by atoms with Crippen LogP contribution in [0.3, 0.4) is 0 Å². The fourth-order valence-corrected chi connectivity index (χ4v) is 5.22. The van der Waals surface area contributed by atoms with Gasteiger partial charge in [-0.3, -0.25) is 0 Å². The van der Waals surface area contributed by atoms with Gasteiger partial charge in [0.25, 0.3) is 0 Å². The first-order valence-electron chi connectivity index (χ1n) is 9.16. The van der Waals surface area contributed by atoms with Gasteiger partial charge in [-0.05, 0) is 42.8 Å². The van der Waals surface area contributed by atoms with E-state index in [9.17, 15) is 8.42 Å². The molecule has 0 unspecified atom stereocenters. The van der Waals surface area contributed by atoms with E-state index in [-0.39, 0.29) is 4.90 Å². The Morgan fingerprint density at radius 3 is 2.32 bits per heavy atom.